The van der Waals surface area contributed by atoms with Gasteiger partial charge in [0.15, 0.2) is 0 Å². The first-order valence-electron chi connectivity index (χ1n) is 10.7. The van der Waals surface area contributed by atoms with Gasteiger partial charge in [-0.25, -0.2) is 4.90 Å². The smallest absolute Gasteiger partial charge is 0.282 e. The van der Waals surface area contributed by atoms with Gasteiger partial charge in [0.05, 0.1) is 17.4 Å². The summed E-state index contributed by atoms with van der Waals surface area (Å²) in [6.07, 6.45) is -0.116. The molecule has 5 nitrogen and oxygen atoms in total. The molecule has 1 heterocycles. The van der Waals surface area contributed by atoms with Gasteiger partial charge in [0, 0.05) is 10.7 Å². The molecule has 6 heteroatoms. The minimum atomic E-state index is -0.449. The van der Waals surface area contributed by atoms with E-state index in [0.29, 0.717) is 33.3 Å². The number of anilines is 2. The fourth-order valence-electron chi connectivity index (χ4n) is 3.71. The Kier molecular flexibility index (Phi) is 6.25. The fraction of sp³-hybridized carbons (Fsp3) is 0.185. The number of hydrogen-bond acceptors (Lipinski definition) is 4. The minimum absolute atomic E-state index is 0.116. The highest BCUT2D eigenvalue weighted by Crippen LogP contribution is 2.38. The van der Waals surface area contributed by atoms with Crippen LogP contribution in [0.3, 0.4) is 0 Å². The summed E-state index contributed by atoms with van der Waals surface area (Å²) < 4.78 is 5.90. The van der Waals surface area contributed by atoms with Gasteiger partial charge >= 0.3 is 0 Å². The van der Waals surface area contributed by atoms with Crippen molar-refractivity contribution in [2.75, 3.05) is 10.2 Å². The van der Waals surface area contributed by atoms with E-state index in [9.17, 15) is 9.59 Å². The van der Waals surface area contributed by atoms with E-state index in [4.69, 9.17) is 16.3 Å². The van der Waals surface area contributed by atoms with Crippen LogP contribution in [0.15, 0.2) is 72.4 Å². The minimum Gasteiger partial charge on any atom is -0.489 e. The zero-order valence-electron chi connectivity index (χ0n) is 19.0. The highest BCUT2D eigenvalue weighted by Gasteiger charge is 2.41. The molecule has 3 aromatic rings. The number of carbonyl (C=O) groups excluding carboxylic acids is 2. The van der Waals surface area contributed by atoms with Gasteiger partial charge in [-0.3, -0.25) is 9.59 Å². The highest BCUT2D eigenvalue weighted by molar-refractivity contribution is 6.46. The molecule has 0 spiro atoms. The van der Waals surface area contributed by atoms with Crippen LogP contribution in [0.4, 0.5) is 11.4 Å². The van der Waals surface area contributed by atoms with Gasteiger partial charge < -0.3 is 10.1 Å². The lowest BCUT2D eigenvalue weighted by Crippen LogP contribution is -2.33. The maximum absolute atomic E-state index is 13.7. The summed E-state index contributed by atoms with van der Waals surface area (Å²) >= 11 is 6.20. The monoisotopic (exact) mass is 460 g/mol. The summed E-state index contributed by atoms with van der Waals surface area (Å²) in [7, 11) is 0. The molecule has 33 heavy (non-hydrogen) atoms. The average Bonchev–Trinajstić information content (AvgIpc) is 3.01. The lowest BCUT2D eigenvalue weighted by molar-refractivity contribution is -0.120. The van der Waals surface area contributed by atoms with Crippen LogP contribution in [-0.4, -0.2) is 17.9 Å². The Balaban J connectivity index is 1.85. The van der Waals surface area contributed by atoms with Crippen LogP contribution in [0.5, 0.6) is 5.75 Å². The van der Waals surface area contributed by atoms with Gasteiger partial charge in [0.25, 0.3) is 11.8 Å². The molecule has 1 aliphatic rings. The molecule has 1 N–H and O–H groups in total. The lowest BCUT2D eigenvalue weighted by Gasteiger charge is -2.20. The van der Waals surface area contributed by atoms with Crippen molar-refractivity contribution < 1.29 is 14.3 Å². The summed E-state index contributed by atoms with van der Waals surface area (Å²) in [5.74, 6) is -0.391. The molecule has 3 aromatic carbocycles. The summed E-state index contributed by atoms with van der Waals surface area (Å²) in [5.41, 5.74) is 4.20. The standard InChI is InChI=1S/C27H25ClN2O3/c1-16(2)33-23-8-6-5-7-22(23)30-26(31)24(19-12-9-17(3)10-13-19)25(27(30)32)29-21-15-20(28)14-11-18(21)4/h5-16,29H,1-4H3. The van der Waals surface area contributed by atoms with E-state index in [-0.39, 0.29) is 11.8 Å². The first-order chi connectivity index (χ1) is 15.8. The van der Waals surface area contributed by atoms with Gasteiger partial charge in [-0.1, -0.05) is 59.6 Å². The summed E-state index contributed by atoms with van der Waals surface area (Å²) in [5, 5.41) is 3.73. The van der Waals surface area contributed by atoms with Crippen LogP contribution in [0.2, 0.25) is 5.02 Å². The summed E-state index contributed by atoms with van der Waals surface area (Å²) in [6, 6.07) is 20.0. The maximum Gasteiger partial charge on any atom is 0.282 e. The first-order valence-corrected chi connectivity index (χ1v) is 11.1. The molecule has 0 aromatic heterocycles. The fourth-order valence-corrected chi connectivity index (χ4v) is 3.88. The lowest BCUT2D eigenvalue weighted by atomic mass is 10.0. The van der Waals surface area contributed by atoms with Crippen LogP contribution in [0.1, 0.15) is 30.5 Å². The largest absolute Gasteiger partial charge is 0.489 e. The highest BCUT2D eigenvalue weighted by atomic mass is 35.5. The van der Waals surface area contributed by atoms with E-state index >= 15 is 0 Å². The number of ether oxygens (including phenoxy) is 1. The normalized spacial score (nSPS) is 13.8. The van der Waals surface area contributed by atoms with Gasteiger partial charge in [-0.2, -0.15) is 0 Å². The van der Waals surface area contributed by atoms with Crippen molar-refractivity contribution in [3.05, 3.63) is 94.1 Å². The predicted molar refractivity (Wildman–Crippen MR) is 133 cm³/mol. The molecular weight excluding hydrogens is 436 g/mol. The number of halogens is 1. The Morgan fingerprint density at radius 1 is 0.909 bits per heavy atom. The molecule has 0 saturated carbocycles. The van der Waals surface area contributed by atoms with Crippen molar-refractivity contribution in [1.82, 2.24) is 0 Å². The predicted octanol–water partition coefficient (Wildman–Crippen LogP) is 6.14. The second kappa shape index (κ2) is 9.12. The number of nitrogens with one attached hydrogen (secondary N) is 1. The van der Waals surface area contributed by atoms with Crippen LogP contribution in [-0.2, 0) is 9.59 Å². The number of imide groups is 1. The Morgan fingerprint density at radius 2 is 1.61 bits per heavy atom. The zero-order chi connectivity index (χ0) is 23.7. The Bertz CT molecular complexity index is 1260. The number of aryl methyl sites for hydroxylation is 2. The molecule has 0 bridgehead atoms. The SMILES string of the molecule is Cc1ccc(C2=C(Nc3cc(Cl)ccc3C)C(=O)N(c3ccccc3OC(C)C)C2=O)cc1. The number of rotatable bonds is 6. The van der Waals surface area contributed by atoms with Gasteiger partial charge in [-0.05, 0) is 63.1 Å². The molecule has 2 amide bonds. The summed E-state index contributed by atoms with van der Waals surface area (Å²) in [6.45, 7) is 7.68. The van der Waals surface area contributed by atoms with Crippen molar-refractivity contribution in [3.63, 3.8) is 0 Å². The number of carbonyl (C=O) groups is 2. The topological polar surface area (TPSA) is 58.6 Å². The third-order valence-corrected chi connectivity index (χ3v) is 5.59. The Labute approximate surface area is 198 Å². The number of nitrogens with zero attached hydrogens (tertiary/aromatic N) is 1. The van der Waals surface area contributed by atoms with E-state index < -0.39 is 11.8 Å². The summed E-state index contributed by atoms with van der Waals surface area (Å²) in [4.78, 5) is 28.6. The quantitative estimate of drug-likeness (QED) is 0.449. The van der Waals surface area contributed by atoms with Crippen molar-refractivity contribution in [2.24, 2.45) is 0 Å². The Hall–Kier alpha value is -3.57. The van der Waals surface area contributed by atoms with Crippen molar-refractivity contribution in [1.29, 1.82) is 0 Å². The van der Waals surface area contributed by atoms with Gasteiger partial charge in [-0.15, -0.1) is 0 Å². The molecule has 0 radical (unpaired) electrons. The molecule has 0 unspecified atom stereocenters. The third kappa shape index (κ3) is 4.50. The maximum atomic E-state index is 13.7. The number of hydrogen-bond donors (Lipinski definition) is 1. The van der Waals surface area contributed by atoms with Gasteiger partial charge in [0.2, 0.25) is 0 Å². The molecule has 1 aliphatic heterocycles. The number of para-hydroxylation sites is 2. The molecule has 0 saturated heterocycles. The van der Waals surface area contributed by atoms with E-state index in [1.807, 2.05) is 64.1 Å². The first kappa shape index (κ1) is 22.6. The van der Waals surface area contributed by atoms with Crippen LogP contribution in [0, 0.1) is 13.8 Å². The van der Waals surface area contributed by atoms with E-state index in [1.165, 1.54) is 4.90 Å². The van der Waals surface area contributed by atoms with E-state index in [1.54, 1.807) is 30.3 Å². The van der Waals surface area contributed by atoms with Crippen molar-refractivity contribution in [2.45, 2.75) is 33.8 Å². The van der Waals surface area contributed by atoms with Crippen LogP contribution in [0.25, 0.3) is 5.57 Å². The Morgan fingerprint density at radius 3 is 2.30 bits per heavy atom. The molecule has 0 atom stereocenters. The van der Waals surface area contributed by atoms with E-state index in [2.05, 4.69) is 5.32 Å². The van der Waals surface area contributed by atoms with Crippen molar-refractivity contribution >= 4 is 40.4 Å². The van der Waals surface area contributed by atoms with Crippen LogP contribution < -0.4 is 15.0 Å². The number of amides is 2. The molecule has 0 aliphatic carbocycles. The van der Waals surface area contributed by atoms with Crippen molar-refractivity contribution in [3.8, 4) is 5.75 Å². The average molecular weight is 461 g/mol. The second-order valence-electron chi connectivity index (χ2n) is 8.28. The third-order valence-electron chi connectivity index (χ3n) is 5.35. The molecule has 0 fully saturated rings. The molecule has 168 valence electrons. The van der Waals surface area contributed by atoms with Gasteiger partial charge in [0.1, 0.15) is 11.4 Å². The second-order valence-corrected chi connectivity index (χ2v) is 8.72. The van der Waals surface area contributed by atoms with Crippen LogP contribution >= 0.6 is 11.6 Å². The zero-order valence-corrected chi connectivity index (χ0v) is 19.7. The molecule has 4 rings (SSSR count). The number of benzene rings is 3. The van der Waals surface area contributed by atoms with E-state index in [0.717, 1.165) is 11.1 Å². The molecular formula is C27H25ClN2O3.